The quantitative estimate of drug-likeness (QED) is 0.0951. The monoisotopic (exact) mass is 749 g/mol. The van der Waals surface area contributed by atoms with Gasteiger partial charge in [0, 0.05) is 28.5 Å². The number of thioether (sulfide) groups is 1. The molecule has 2 radical (unpaired) electrons. The second kappa shape index (κ2) is 22.0. The van der Waals surface area contributed by atoms with Crippen LogP contribution in [-0.4, -0.2) is 77.4 Å². The minimum atomic E-state index is -0.847. The second-order valence-electron chi connectivity index (χ2n) is 15.9. The van der Waals surface area contributed by atoms with Gasteiger partial charge in [0.15, 0.2) is 5.81 Å². The molecule has 0 saturated heterocycles. The van der Waals surface area contributed by atoms with Crippen molar-refractivity contribution in [3.05, 3.63) is 42.5 Å². The van der Waals surface area contributed by atoms with Gasteiger partial charge in [0.05, 0.1) is 18.2 Å². The van der Waals surface area contributed by atoms with Crippen molar-refractivity contribution in [2.75, 3.05) is 5.75 Å². The smallest absolute Gasteiger partial charge is 0.243 e. The van der Waals surface area contributed by atoms with E-state index in [1.807, 2.05) is 56.3 Å². The Morgan fingerprint density at radius 1 is 0.811 bits per heavy atom. The number of rotatable bonds is 16. The van der Waals surface area contributed by atoms with E-state index >= 15 is 0 Å². The number of carbonyl (C=O) groups is 4. The molecule has 2 aromatic carbocycles. The van der Waals surface area contributed by atoms with E-state index < -0.39 is 30.1 Å². The Morgan fingerprint density at radius 2 is 1.36 bits per heavy atom. The topological polar surface area (TPSA) is 159 Å². The fourth-order valence-corrected chi connectivity index (χ4v) is 9.19. The molecule has 53 heavy (non-hydrogen) atoms. The van der Waals surface area contributed by atoms with Gasteiger partial charge >= 0.3 is 0 Å². The summed E-state index contributed by atoms with van der Waals surface area (Å²) in [7, 11) is 5.36. The second-order valence-corrected chi connectivity index (χ2v) is 17.0. The van der Waals surface area contributed by atoms with Crippen molar-refractivity contribution in [3.63, 3.8) is 0 Å². The summed E-state index contributed by atoms with van der Waals surface area (Å²) in [4.78, 5) is 49.6. The van der Waals surface area contributed by atoms with Gasteiger partial charge in [-0.3, -0.25) is 19.2 Å². The molecule has 0 heterocycles. The van der Waals surface area contributed by atoms with Gasteiger partial charge in [-0.1, -0.05) is 70.9 Å². The molecule has 0 bridgehead atoms. The van der Waals surface area contributed by atoms with Gasteiger partial charge in [0.2, 0.25) is 13.8 Å². The van der Waals surface area contributed by atoms with Crippen molar-refractivity contribution in [3.8, 4) is 0 Å². The number of aliphatic hydroxyl groups excluding tert-OH is 2. The molecule has 11 atom stereocenters. The average Bonchev–Trinajstić information content (AvgIpc) is 3.12. The number of fused-ring (bicyclic) bond motifs is 1. The van der Waals surface area contributed by atoms with Gasteiger partial charge in [0.25, 0.3) is 0 Å². The van der Waals surface area contributed by atoms with Crippen LogP contribution in [0.5, 0.6) is 0 Å². The molecule has 4 rings (SSSR count). The fourth-order valence-electron chi connectivity index (χ4n) is 8.22. The molecule has 11 heteroatoms. The maximum absolute atomic E-state index is 13.1. The first-order chi connectivity index (χ1) is 25.1. The van der Waals surface area contributed by atoms with Gasteiger partial charge in [-0.25, -0.2) is 0 Å². The highest BCUT2D eigenvalue weighted by atomic mass is 32.2. The lowest BCUT2D eigenvalue weighted by atomic mass is 9.70. The number of Topliss-reactive ketones (excluding diaryl/α,β-unsaturated/α-hetero) is 2. The molecule has 2 fully saturated rings. The Balaban J connectivity index is 0.000000372. The minimum Gasteiger partial charge on any atom is -0.392 e. The van der Waals surface area contributed by atoms with Gasteiger partial charge < -0.3 is 26.6 Å². The van der Waals surface area contributed by atoms with Crippen molar-refractivity contribution < 1.29 is 29.4 Å². The summed E-state index contributed by atoms with van der Waals surface area (Å²) < 4.78 is 0. The third kappa shape index (κ3) is 14.1. The zero-order valence-electron chi connectivity index (χ0n) is 32.8. The van der Waals surface area contributed by atoms with Gasteiger partial charge in [0.1, 0.15) is 17.6 Å². The van der Waals surface area contributed by atoms with E-state index in [2.05, 4.69) is 24.5 Å². The Kier molecular flexibility index (Phi) is 18.5. The van der Waals surface area contributed by atoms with E-state index in [4.69, 9.17) is 13.6 Å². The first-order valence-corrected chi connectivity index (χ1v) is 20.7. The minimum absolute atomic E-state index is 0.0424. The summed E-state index contributed by atoms with van der Waals surface area (Å²) in [5.41, 5.74) is 5.85. The molecule has 2 aromatic rings. The number of carbonyl (C=O) groups excluding carboxylic acids is 4. The van der Waals surface area contributed by atoms with Crippen LogP contribution in [0.3, 0.4) is 0 Å². The number of amides is 2. The van der Waals surface area contributed by atoms with E-state index in [0.717, 1.165) is 54.2 Å². The van der Waals surface area contributed by atoms with Gasteiger partial charge in [-0.05, 0) is 112 Å². The van der Waals surface area contributed by atoms with Crippen molar-refractivity contribution in [1.29, 1.82) is 0 Å². The van der Waals surface area contributed by atoms with Gasteiger partial charge in [-0.2, -0.15) is 0 Å². The lowest BCUT2D eigenvalue weighted by Gasteiger charge is -2.36. The highest BCUT2D eigenvalue weighted by Crippen LogP contribution is 2.38. The molecule has 0 aliphatic heterocycles. The third-order valence-electron chi connectivity index (χ3n) is 11.6. The molecule has 2 aliphatic rings. The Labute approximate surface area is 323 Å². The molecule has 2 aliphatic carbocycles. The summed E-state index contributed by atoms with van der Waals surface area (Å²) >= 11 is 1.46. The SMILES string of the molecule is CC[C@H](N)[C@H](O)CC1CCC(C)CC1C(C)=O.[B]C(=O)N[C@H](CSc1ccc2ccccc2c1)C(=O)N[C@@H](CC)[C@H](O)CC1CCC(C)CC1C(C)=O. The number of hydrogen-bond donors (Lipinski definition) is 5. The Hall–Kier alpha value is -2.73. The summed E-state index contributed by atoms with van der Waals surface area (Å²) in [5.74, 6) is 1.28. The van der Waals surface area contributed by atoms with E-state index in [1.165, 1.54) is 18.2 Å². The van der Waals surface area contributed by atoms with Crippen LogP contribution in [0.1, 0.15) is 106 Å². The van der Waals surface area contributed by atoms with E-state index in [9.17, 15) is 29.4 Å². The van der Waals surface area contributed by atoms with Crippen LogP contribution in [0, 0.1) is 35.5 Å². The van der Waals surface area contributed by atoms with Crippen LogP contribution in [0.4, 0.5) is 4.79 Å². The maximum atomic E-state index is 13.1. The van der Waals surface area contributed by atoms with Crippen LogP contribution in [0.15, 0.2) is 47.4 Å². The van der Waals surface area contributed by atoms with Gasteiger partial charge in [-0.15, -0.1) is 11.8 Å². The standard InChI is InChI=1S/C28H37BN2O4S.C14H27NO2/c1-4-24(26(33)15-21-10-9-17(2)13-23(21)18(3)32)30-27(34)25(31-28(29)35)16-36-22-12-11-19-7-5-6-8-20(19)14-22;1-4-13(15)14(17)8-11-6-5-9(2)7-12(11)10(3)16/h5-8,11-12,14,17,21,23-26,33H,4,9-10,13,15-16H2,1-3H3,(H,30,34)(H,31,35);9,11-14,17H,4-8,15H2,1-3H3/t17?,21?,23?,24-,25+,26+;9?,11?,12?,13-,14+/m00/s1. The molecule has 2 saturated carbocycles. The van der Waals surface area contributed by atoms with Crippen LogP contribution in [0.25, 0.3) is 10.8 Å². The Bertz CT molecular complexity index is 1490. The number of nitrogens with one attached hydrogen (secondary N) is 2. The van der Waals surface area contributed by atoms with Crippen molar-refractivity contribution in [2.24, 2.45) is 41.2 Å². The Morgan fingerprint density at radius 3 is 1.87 bits per heavy atom. The zero-order chi connectivity index (χ0) is 39.2. The van der Waals surface area contributed by atoms with E-state index in [1.54, 1.807) is 13.8 Å². The predicted molar refractivity (Wildman–Crippen MR) is 216 cm³/mol. The molecule has 9 nitrogen and oxygen atoms in total. The van der Waals surface area contributed by atoms with E-state index in [-0.39, 0.29) is 41.3 Å². The molecule has 6 unspecified atom stereocenters. The maximum Gasteiger partial charge on any atom is 0.243 e. The lowest BCUT2D eigenvalue weighted by Crippen LogP contribution is -2.53. The third-order valence-corrected chi connectivity index (χ3v) is 12.7. The lowest BCUT2D eigenvalue weighted by molar-refractivity contribution is -0.126. The fraction of sp³-hybridized carbons (Fsp3) is 0.667. The highest BCUT2D eigenvalue weighted by molar-refractivity contribution is 7.99. The number of aliphatic hydroxyl groups is 2. The zero-order valence-corrected chi connectivity index (χ0v) is 33.6. The van der Waals surface area contributed by atoms with Crippen molar-refractivity contribution in [1.82, 2.24) is 10.6 Å². The van der Waals surface area contributed by atoms with E-state index in [0.29, 0.717) is 42.8 Å². The summed E-state index contributed by atoms with van der Waals surface area (Å²) in [6.45, 7) is 11.6. The molecule has 0 aromatic heterocycles. The number of benzene rings is 2. The molecule has 0 spiro atoms. The largest absolute Gasteiger partial charge is 0.392 e. The summed E-state index contributed by atoms with van der Waals surface area (Å²) in [6.07, 6.45) is 7.24. The molecule has 2 amide bonds. The highest BCUT2D eigenvalue weighted by Gasteiger charge is 2.36. The van der Waals surface area contributed by atoms with Crippen LogP contribution < -0.4 is 16.4 Å². The summed E-state index contributed by atoms with van der Waals surface area (Å²) in [6, 6.07) is 12.6. The summed E-state index contributed by atoms with van der Waals surface area (Å²) in [5, 5.41) is 28.7. The number of nitrogens with two attached hydrogens (primary N) is 1. The normalized spacial score (nSPS) is 25.8. The first-order valence-electron chi connectivity index (χ1n) is 19.7. The molecule has 292 valence electrons. The molecular formula is C42H64BN3O6S. The number of ketones is 2. The number of hydrogen-bond acceptors (Lipinski definition) is 8. The van der Waals surface area contributed by atoms with Crippen molar-refractivity contribution >= 4 is 53.7 Å². The van der Waals surface area contributed by atoms with Crippen LogP contribution in [0.2, 0.25) is 0 Å². The molecular weight excluding hydrogens is 685 g/mol. The van der Waals surface area contributed by atoms with Crippen LogP contribution in [-0.2, 0) is 14.4 Å². The first kappa shape index (κ1) is 44.7. The van der Waals surface area contributed by atoms with Crippen LogP contribution >= 0.6 is 11.8 Å². The van der Waals surface area contributed by atoms with Crippen molar-refractivity contribution in [2.45, 2.75) is 141 Å². The average molecular weight is 750 g/mol. The predicted octanol–water partition coefficient (Wildman–Crippen LogP) is 6.58. The molecule has 6 N–H and O–H groups in total.